The molecule has 0 unspecified atom stereocenters. The summed E-state index contributed by atoms with van der Waals surface area (Å²) < 4.78 is 1.97. The third kappa shape index (κ3) is 4.79. The molecule has 0 aromatic carbocycles. The zero-order valence-corrected chi connectivity index (χ0v) is 14.3. The van der Waals surface area contributed by atoms with Crippen LogP contribution in [0.15, 0.2) is 37.1 Å². The number of nitrogens with zero attached hydrogens (tertiary/aromatic N) is 4. The fourth-order valence-electron chi connectivity index (χ4n) is 3.13. The number of aromatic nitrogens is 3. The van der Waals surface area contributed by atoms with Crippen molar-refractivity contribution in [3.8, 4) is 0 Å². The molecule has 1 aliphatic heterocycles. The highest BCUT2D eigenvalue weighted by Crippen LogP contribution is 2.27. The SMILES string of the molecule is O=C(CCCn1ccnc1)Nc1cccnc1N1CCC(CO)CC1. The summed E-state index contributed by atoms with van der Waals surface area (Å²) in [6.45, 7) is 2.73. The molecule has 7 nitrogen and oxygen atoms in total. The van der Waals surface area contributed by atoms with Gasteiger partial charge in [0.15, 0.2) is 5.82 Å². The molecule has 1 aliphatic rings. The van der Waals surface area contributed by atoms with Gasteiger partial charge < -0.3 is 19.9 Å². The summed E-state index contributed by atoms with van der Waals surface area (Å²) in [7, 11) is 0. The van der Waals surface area contributed by atoms with Crippen LogP contribution in [0.3, 0.4) is 0 Å². The van der Waals surface area contributed by atoms with E-state index in [-0.39, 0.29) is 12.5 Å². The number of aliphatic hydroxyl groups is 1. The van der Waals surface area contributed by atoms with E-state index in [2.05, 4.69) is 20.2 Å². The fraction of sp³-hybridized carbons (Fsp3) is 0.500. The van der Waals surface area contributed by atoms with Crippen molar-refractivity contribution in [1.82, 2.24) is 14.5 Å². The topological polar surface area (TPSA) is 83.3 Å². The summed E-state index contributed by atoms with van der Waals surface area (Å²) in [5.74, 6) is 1.20. The highest BCUT2D eigenvalue weighted by atomic mass is 16.3. The molecule has 0 spiro atoms. The Kier molecular flexibility index (Phi) is 6.00. The summed E-state index contributed by atoms with van der Waals surface area (Å²) in [4.78, 5) is 22.9. The molecule has 0 bridgehead atoms. The number of amides is 1. The highest BCUT2D eigenvalue weighted by Gasteiger charge is 2.21. The van der Waals surface area contributed by atoms with E-state index in [1.807, 2.05) is 22.9 Å². The number of piperidine rings is 1. The molecule has 7 heteroatoms. The third-order valence-electron chi connectivity index (χ3n) is 4.61. The quantitative estimate of drug-likeness (QED) is 0.802. The minimum absolute atomic E-state index is 0.000362. The van der Waals surface area contributed by atoms with Crippen molar-refractivity contribution < 1.29 is 9.90 Å². The Bertz CT molecular complexity index is 666. The Morgan fingerprint density at radius 3 is 2.88 bits per heavy atom. The molecule has 25 heavy (non-hydrogen) atoms. The van der Waals surface area contributed by atoms with Gasteiger partial charge in [0.05, 0.1) is 12.0 Å². The van der Waals surface area contributed by atoms with Gasteiger partial charge >= 0.3 is 0 Å². The molecule has 2 N–H and O–H groups in total. The van der Waals surface area contributed by atoms with Crippen molar-refractivity contribution in [2.24, 2.45) is 5.92 Å². The van der Waals surface area contributed by atoms with Gasteiger partial charge in [0.25, 0.3) is 0 Å². The van der Waals surface area contributed by atoms with Gasteiger partial charge in [-0.2, -0.15) is 0 Å². The predicted octanol–water partition coefficient (Wildman–Crippen LogP) is 1.91. The lowest BCUT2D eigenvalue weighted by Gasteiger charge is -2.33. The van der Waals surface area contributed by atoms with Crippen molar-refractivity contribution in [2.45, 2.75) is 32.2 Å². The number of hydrogen-bond donors (Lipinski definition) is 2. The van der Waals surface area contributed by atoms with Gasteiger partial charge in [0.1, 0.15) is 0 Å². The summed E-state index contributed by atoms with van der Waals surface area (Å²) in [5, 5.41) is 12.3. The van der Waals surface area contributed by atoms with Gasteiger partial charge in [-0.3, -0.25) is 4.79 Å². The molecule has 0 saturated carbocycles. The summed E-state index contributed by atoms with van der Waals surface area (Å²) in [6.07, 6.45) is 10.3. The normalized spacial score (nSPS) is 15.3. The van der Waals surface area contributed by atoms with Crippen LogP contribution in [-0.2, 0) is 11.3 Å². The lowest BCUT2D eigenvalue weighted by atomic mass is 9.98. The van der Waals surface area contributed by atoms with Gasteiger partial charge in [-0.1, -0.05) is 0 Å². The summed E-state index contributed by atoms with van der Waals surface area (Å²) >= 11 is 0. The highest BCUT2D eigenvalue weighted by molar-refractivity contribution is 5.93. The maximum atomic E-state index is 12.3. The lowest BCUT2D eigenvalue weighted by molar-refractivity contribution is -0.116. The Morgan fingerprint density at radius 1 is 1.32 bits per heavy atom. The number of carbonyl (C=O) groups excluding carboxylic acids is 1. The Labute approximate surface area is 147 Å². The largest absolute Gasteiger partial charge is 0.396 e. The van der Waals surface area contributed by atoms with Gasteiger partial charge in [-0.25, -0.2) is 9.97 Å². The second-order valence-corrected chi connectivity index (χ2v) is 6.44. The molecule has 3 heterocycles. The van der Waals surface area contributed by atoms with Crippen LogP contribution in [0.1, 0.15) is 25.7 Å². The van der Waals surface area contributed by atoms with Gasteiger partial charge in [0, 0.05) is 51.3 Å². The maximum absolute atomic E-state index is 12.3. The van der Waals surface area contributed by atoms with Crippen molar-refractivity contribution in [3.63, 3.8) is 0 Å². The van der Waals surface area contributed by atoms with Crippen molar-refractivity contribution >= 4 is 17.4 Å². The van der Waals surface area contributed by atoms with Crippen molar-refractivity contribution in [1.29, 1.82) is 0 Å². The summed E-state index contributed by atoms with van der Waals surface area (Å²) in [5.41, 5.74) is 0.762. The minimum atomic E-state index is -0.000362. The van der Waals surface area contributed by atoms with E-state index < -0.39 is 0 Å². The lowest BCUT2D eigenvalue weighted by Crippen LogP contribution is -2.35. The predicted molar refractivity (Wildman–Crippen MR) is 96.4 cm³/mol. The average molecular weight is 343 g/mol. The van der Waals surface area contributed by atoms with E-state index in [1.165, 1.54) is 0 Å². The number of aliphatic hydroxyl groups excluding tert-OH is 1. The smallest absolute Gasteiger partial charge is 0.224 e. The van der Waals surface area contributed by atoms with Crippen LogP contribution in [0.4, 0.5) is 11.5 Å². The molecule has 3 rings (SSSR count). The number of pyridine rings is 1. The maximum Gasteiger partial charge on any atom is 0.224 e. The monoisotopic (exact) mass is 343 g/mol. The Hall–Kier alpha value is -2.41. The molecule has 1 saturated heterocycles. The molecule has 0 radical (unpaired) electrons. The van der Waals surface area contributed by atoms with Crippen LogP contribution in [0.25, 0.3) is 0 Å². The number of anilines is 2. The zero-order chi connectivity index (χ0) is 17.5. The fourth-order valence-corrected chi connectivity index (χ4v) is 3.13. The summed E-state index contributed by atoms with van der Waals surface area (Å²) in [6, 6.07) is 3.74. The first-order chi connectivity index (χ1) is 12.3. The molecular formula is C18H25N5O2. The molecule has 2 aromatic rings. The second kappa shape index (κ2) is 8.62. The van der Waals surface area contributed by atoms with E-state index in [0.29, 0.717) is 12.3 Å². The van der Waals surface area contributed by atoms with E-state index >= 15 is 0 Å². The van der Waals surface area contributed by atoms with E-state index in [1.54, 1.807) is 18.7 Å². The number of rotatable bonds is 7. The Balaban J connectivity index is 1.54. The number of nitrogens with one attached hydrogen (secondary N) is 1. The molecule has 1 fully saturated rings. The number of hydrogen-bond acceptors (Lipinski definition) is 5. The van der Waals surface area contributed by atoms with Crippen LogP contribution in [-0.4, -0.2) is 45.2 Å². The van der Waals surface area contributed by atoms with Crippen LogP contribution < -0.4 is 10.2 Å². The van der Waals surface area contributed by atoms with Crippen molar-refractivity contribution in [3.05, 3.63) is 37.1 Å². The number of carbonyl (C=O) groups is 1. The molecule has 134 valence electrons. The molecule has 0 aliphatic carbocycles. The Morgan fingerprint density at radius 2 is 2.16 bits per heavy atom. The van der Waals surface area contributed by atoms with Gasteiger partial charge in [-0.15, -0.1) is 0 Å². The molecule has 0 atom stereocenters. The first kappa shape index (κ1) is 17.4. The van der Waals surface area contributed by atoms with E-state index in [0.717, 1.165) is 50.4 Å². The van der Waals surface area contributed by atoms with E-state index in [4.69, 9.17) is 0 Å². The van der Waals surface area contributed by atoms with Crippen molar-refractivity contribution in [2.75, 3.05) is 29.9 Å². The zero-order valence-electron chi connectivity index (χ0n) is 14.3. The number of aryl methyl sites for hydroxylation is 1. The van der Waals surface area contributed by atoms with Crippen LogP contribution in [0.2, 0.25) is 0 Å². The standard InChI is InChI=1S/C18H25N5O2/c24-13-15-5-10-23(11-6-15)18-16(3-1-7-20-18)21-17(25)4-2-9-22-12-8-19-14-22/h1,3,7-8,12,14-15,24H,2,4-6,9-11,13H2,(H,21,25). The molecule has 1 amide bonds. The first-order valence-corrected chi connectivity index (χ1v) is 8.82. The second-order valence-electron chi connectivity index (χ2n) is 6.44. The van der Waals surface area contributed by atoms with Crippen LogP contribution in [0.5, 0.6) is 0 Å². The van der Waals surface area contributed by atoms with Crippen LogP contribution in [0, 0.1) is 5.92 Å². The van der Waals surface area contributed by atoms with E-state index in [9.17, 15) is 9.90 Å². The third-order valence-corrected chi connectivity index (χ3v) is 4.61. The molecular weight excluding hydrogens is 318 g/mol. The minimum Gasteiger partial charge on any atom is -0.396 e. The molecule has 2 aromatic heterocycles. The number of imidazole rings is 1. The van der Waals surface area contributed by atoms with Gasteiger partial charge in [0.2, 0.25) is 5.91 Å². The van der Waals surface area contributed by atoms with Gasteiger partial charge in [-0.05, 0) is 37.3 Å². The average Bonchev–Trinajstić information content (AvgIpc) is 3.16. The first-order valence-electron chi connectivity index (χ1n) is 8.82. The van der Waals surface area contributed by atoms with Crippen LogP contribution >= 0.6 is 0 Å².